The fourth-order valence-corrected chi connectivity index (χ4v) is 2.81. The molecule has 1 unspecified atom stereocenters. The van der Waals surface area contributed by atoms with Gasteiger partial charge in [-0.1, -0.05) is 18.2 Å². The molecule has 1 atom stereocenters. The van der Waals surface area contributed by atoms with Crippen LogP contribution in [0.1, 0.15) is 17.9 Å². The summed E-state index contributed by atoms with van der Waals surface area (Å²) in [7, 11) is 0. The molecule has 62 valence electrons. The van der Waals surface area contributed by atoms with Gasteiger partial charge in [0.1, 0.15) is 6.29 Å². The van der Waals surface area contributed by atoms with Crippen LogP contribution < -0.4 is 0 Å². The Labute approximate surface area is 76.2 Å². The van der Waals surface area contributed by atoms with Gasteiger partial charge in [-0.25, -0.2) is 0 Å². The molecular weight excluding hydrogens is 168 g/mol. The number of fused-ring (bicyclic) bond motifs is 1. The lowest BCUT2D eigenvalue weighted by molar-refractivity contribution is -0.108. The third-order valence-corrected chi connectivity index (χ3v) is 3.43. The van der Waals surface area contributed by atoms with E-state index in [1.54, 1.807) is 0 Å². The average molecular weight is 178 g/mol. The Morgan fingerprint density at radius 1 is 1.50 bits per heavy atom. The minimum absolute atomic E-state index is 0.462. The zero-order valence-electron chi connectivity index (χ0n) is 6.69. The predicted molar refractivity (Wildman–Crippen MR) is 50.6 cm³/mol. The summed E-state index contributed by atoms with van der Waals surface area (Å²) in [6, 6.07) is 8.35. The Hall–Kier alpha value is -0.760. The molecule has 0 spiro atoms. The Kier molecular flexibility index (Phi) is 2.17. The van der Waals surface area contributed by atoms with Gasteiger partial charge >= 0.3 is 0 Å². The fraction of sp³-hybridized carbons (Fsp3) is 0.300. The van der Waals surface area contributed by atoms with Crippen molar-refractivity contribution in [1.82, 2.24) is 0 Å². The molecule has 0 aromatic heterocycles. The van der Waals surface area contributed by atoms with Crippen LogP contribution in [0.3, 0.4) is 0 Å². The standard InChI is InChI=1S/C10H10OS/c11-6-5-8-7-12-10-4-2-1-3-9(8)10/h1-4,6,8H,5,7H2. The SMILES string of the molecule is O=CCC1CSc2ccccc21. The minimum Gasteiger partial charge on any atom is -0.303 e. The van der Waals surface area contributed by atoms with Crippen LogP contribution in [-0.4, -0.2) is 12.0 Å². The maximum atomic E-state index is 10.4. The first-order chi connectivity index (χ1) is 5.92. The number of hydrogen-bond acceptors (Lipinski definition) is 2. The largest absolute Gasteiger partial charge is 0.303 e. The molecule has 1 aromatic carbocycles. The van der Waals surface area contributed by atoms with E-state index in [2.05, 4.69) is 18.2 Å². The zero-order valence-corrected chi connectivity index (χ0v) is 7.51. The third kappa shape index (κ3) is 1.27. The normalized spacial score (nSPS) is 20.5. The van der Waals surface area contributed by atoms with Crippen LogP contribution in [0.25, 0.3) is 0 Å². The van der Waals surface area contributed by atoms with Crippen molar-refractivity contribution in [3.05, 3.63) is 29.8 Å². The fourth-order valence-electron chi connectivity index (χ4n) is 1.54. The van der Waals surface area contributed by atoms with Crippen molar-refractivity contribution in [3.8, 4) is 0 Å². The van der Waals surface area contributed by atoms with Gasteiger partial charge in [-0.15, -0.1) is 11.8 Å². The maximum absolute atomic E-state index is 10.4. The highest BCUT2D eigenvalue weighted by atomic mass is 32.2. The van der Waals surface area contributed by atoms with Gasteiger partial charge in [0, 0.05) is 23.0 Å². The smallest absolute Gasteiger partial charge is 0.120 e. The quantitative estimate of drug-likeness (QED) is 0.647. The lowest BCUT2D eigenvalue weighted by Gasteiger charge is -2.04. The number of rotatable bonds is 2. The van der Waals surface area contributed by atoms with Crippen LogP contribution >= 0.6 is 11.8 Å². The second-order valence-electron chi connectivity index (χ2n) is 2.95. The summed E-state index contributed by atoms with van der Waals surface area (Å²) in [6.07, 6.45) is 1.69. The van der Waals surface area contributed by atoms with Crippen LogP contribution in [0, 0.1) is 0 Å². The van der Waals surface area contributed by atoms with Crippen LogP contribution in [0.5, 0.6) is 0 Å². The lowest BCUT2D eigenvalue weighted by Crippen LogP contribution is -1.96. The molecule has 0 bridgehead atoms. The summed E-state index contributed by atoms with van der Waals surface area (Å²) in [5.41, 5.74) is 1.36. The van der Waals surface area contributed by atoms with Gasteiger partial charge in [0.15, 0.2) is 0 Å². The molecule has 0 fully saturated rings. The number of aldehydes is 1. The van der Waals surface area contributed by atoms with E-state index >= 15 is 0 Å². The van der Waals surface area contributed by atoms with Gasteiger partial charge in [0.05, 0.1) is 0 Å². The zero-order chi connectivity index (χ0) is 8.39. The van der Waals surface area contributed by atoms with E-state index in [1.807, 2.05) is 17.8 Å². The van der Waals surface area contributed by atoms with Gasteiger partial charge in [-0.3, -0.25) is 0 Å². The molecule has 0 saturated heterocycles. The van der Waals surface area contributed by atoms with E-state index in [-0.39, 0.29) is 0 Å². The molecule has 2 rings (SSSR count). The van der Waals surface area contributed by atoms with Gasteiger partial charge in [0.25, 0.3) is 0 Å². The molecule has 1 nitrogen and oxygen atoms in total. The average Bonchev–Trinajstić information content (AvgIpc) is 2.50. The monoisotopic (exact) mass is 178 g/mol. The first-order valence-electron chi connectivity index (χ1n) is 4.07. The molecular formula is C10H10OS. The summed E-state index contributed by atoms with van der Waals surface area (Å²) in [4.78, 5) is 11.7. The summed E-state index contributed by atoms with van der Waals surface area (Å²) in [6.45, 7) is 0. The molecule has 1 aliphatic rings. The molecule has 1 aromatic rings. The second-order valence-corrected chi connectivity index (χ2v) is 4.01. The van der Waals surface area contributed by atoms with E-state index < -0.39 is 0 Å². The minimum atomic E-state index is 0.462. The molecule has 0 saturated carbocycles. The van der Waals surface area contributed by atoms with E-state index in [1.165, 1.54) is 10.5 Å². The molecule has 0 aliphatic carbocycles. The number of carbonyl (C=O) groups is 1. The van der Waals surface area contributed by atoms with E-state index in [0.717, 1.165) is 12.0 Å². The molecule has 2 heteroatoms. The highest BCUT2D eigenvalue weighted by Gasteiger charge is 2.21. The van der Waals surface area contributed by atoms with Crippen LogP contribution in [0.15, 0.2) is 29.2 Å². The van der Waals surface area contributed by atoms with Crippen LogP contribution in [0.2, 0.25) is 0 Å². The predicted octanol–water partition coefficient (Wildman–Crippen LogP) is 2.46. The summed E-state index contributed by atoms with van der Waals surface area (Å²) < 4.78 is 0. The van der Waals surface area contributed by atoms with E-state index in [0.29, 0.717) is 12.3 Å². The summed E-state index contributed by atoms with van der Waals surface area (Å²) in [5.74, 6) is 1.53. The Morgan fingerprint density at radius 2 is 2.33 bits per heavy atom. The molecule has 1 heterocycles. The highest BCUT2D eigenvalue weighted by Crippen LogP contribution is 2.40. The van der Waals surface area contributed by atoms with Crippen LogP contribution in [-0.2, 0) is 4.79 Å². The van der Waals surface area contributed by atoms with Gasteiger partial charge in [-0.05, 0) is 11.6 Å². The van der Waals surface area contributed by atoms with Crippen molar-refractivity contribution >= 4 is 18.0 Å². The number of benzene rings is 1. The lowest BCUT2D eigenvalue weighted by atomic mass is 9.99. The highest BCUT2D eigenvalue weighted by molar-refractivity contribution is 7.99. The van der Waals surface area contributed by atoms with E-state index in [4.69, 9.17) is 0 Å². The van der Waals surface area contributed by atoms with Crippen molar-refractivity contribution < 1.29 is 4.79 Å². The Bertz CT molecular complexity index is 296. The topological polar surface area (TPSA) is 17.1 Å². The van der Waals surface area contributed by atoms with Crippen molar-refractivity contribution in [2.45, 2.75) is 17.2 Å². The number of hydrogen-bond donors (Lipinski definition) is 0. The van der Waals surface area contributed by atoms with Gasteiger partial charge in [0.2, 0.25) is 0 Å². The van der Waals surface area contributed by atoms with Crippen molar-refractivity contribution in [2.75, 3.05) is 5.75 Å². The molecule has 0 amide bonds. The van der Waals surface area contributed by atoms with Crippen LogP contribution in [0.4, 0.5) is 0 Å². The summed E-state index contributed by atoms with van der Waals surface area (Å²) >= 11 is 1.86. The first-order valence-corrected chi connectivity index (χ1v) is 5.05. The van der Waals surface area contributed by atoms with Crippen molar-refractivity contribution in [1.29, 1.82) is 0 Å². The second kappa shape index (κ2) is 3.31. The first kappa shape index (κ1) is 7.87. The Morgan fingerprint density at radius 3 is 3.17 bits per heavy atom. The number of carbonyl (C=O) groups excluding carboxylic acids is 1. The van der Waals surface area contributed by atoms with E-state index in [9.17, 15) is 4.79 Å². The third-order valence-electron chi connectivity index (χ3n) is 2.18. The number of thioether (sulfide) groups is 1. The molecule has 1 aliphatic heterocycles. The maximum Gasteiger partial charge on any atom is 0.120 e. The molecule has 12 heavy (non-hydrogen) atoms. The Balaban J connectivity index is 2.29. The molecule has 0 radical (unpaired) electrons. The summed E-state index contributed by atoms with van der Waals surface area (Å²) in [5, 5.41) is 0. The van der Waals surface area contributed by atoms with Gasteiger partial charge in [-0.2, -0.15) is 0 Å². The van der Waals surface area contributed by atoms with Crippen molar-refractivity contribution in [3.63, 3.8) is 0 Å². The van der Waals surface area contributed by atoms with Crippen molar-refractivity contribution in [2.24, 2.45) is 0 Å². The van der Waals surface area contributed by atoms with Gasteiger partial charge < -0.3 is 4.79 Å². The molecule has 0 N–H and O–H groups in total.